The lowest BCUT2D eigenvalue weighted by Crippen LogP contribution is -2.32. The largest absolute Gasteiger partial charge is 0.460 e. The molecule has 0 fully saturated rings. The summed E-state index contributed by atoms with van der Waals surface area (Å²) in [6.07, 6.45) is 2.37. The maximum atomic E-state index is 14.8. The van der Waals surface area contributed by atoms with Gasteiger partial charge < -0.3 is 9.30 Å². The average Bonchev–Trinajstić information content (AvgIpc) is 3.16. The van der Waals surface area contributed by atoms with Crippen LogP contribution >= 0.6 is 0 Å². The van der Waals surface area contributed by atoms with E-state index in [-0.39, 0.29) is 24.0 Å². The summed E-state index contributed by atoms with van der Waals surface area (Å²) in [5, 5.41) is 1.08. The van der Waals surface area contributed by atoms with Gasteiger partial charge in [-0.3, -0.25) is 9.59 Å². The van der Waals surface area contributed by atoms with E-state index in [1.807, 2.05) is 19.9 Å². The van der Waals surface area contributed by atoms with Gasteiger partial charge in [0.05, 0.1) is 34.9 Å². The van der Waals surface area contributed by atoms with Crippen molar-refractivity contribution in [2.24, 2.45) is 5.92 Å². The first-order valence-electron chi connectivity index (χ1n) is 11.9. The quantitative estimate of drug-likeness (QED) is 0.402. The van der Waals surface area contributed by atoms with Crippen molar-refractivity contribution >= 4 is 16.9 Å². The van der Waals surface area contributed by atoms with Crippen molar-refractivity contribution in [1.29, 1.82) is 0 Å². The zero-order valence-electron chi connectivity index (χ0n) is 19.4. The van der Waals surface area contributed by atoms with Crippen LogP contribution in [0.3, 0.4) is 0 Å². The summed E-state index contributed by atoms with van der Waals surface area (Å²) in [6, 6.07) is 3.51. The highest BCUT2D eigenvalue weighted by Gasteiger charge is 2.37. The fourth-order valence-electron chi connectivity index (χ4n) is 6.28. The Balaban J connectivity index is 1.69. The maximum Gasteiger partial charge on any atom is 0.313 e. The highest BCUT2D eigenvalue weighted by atomic mass is 19.1. The van der Waals surface area contributed by atoms with Gasteiger partial charge in [-0.25, -0.2) is 9.37 Å². The number of nitrogens with zero attached hydrogens (tertiary/aromatic N) is 2. The molecule has 33 heavy (non-hydrogen) atoms. The molecular formula is C27H27FN2O3. The minimum absolute atomic E-state index is 0.0194. The molecule has 0 N–H and O–H groups in total. The van der Waals surface area contributed by atoms with Gasteiger partial charge in [-0.1, -0.05) is 20.8 Å². The fraction of sp³-hybridized carbons (Fsp3) is 0.444. The molecule has 0 saturated heterocycles. The van der Waals surface area contributed by atoms with Crippen LogP contribution in [0.25, 0.3) is 22.3 Å². The molecule has 170 valence electrons. The van der Waals surface area contributed by atoms with Crippen LogP contribution in [0.1, 0.15) is 78.8 Å². The molecule has 0 amide bonds. The number of carbonyl (C=O) groups excluding carboxylic acids is 1. The lowest BCUT2D eigenvalue weighted by atomic mass is 9.74. The van der Waals surface area contributed by atoms with E-state index in [0.717, 1.165) is 46.3 Å². The second-order valence-corrected chi connectivity index (χ2v) is 10.0. The Morgan fingerprint density at radius 3 is 2.73 bits per heavy atom. The first-order chi connectivity index (χ1) is 15.8. The number of hydrogen-bond donors (Lipinski definition) is 0. The van der Waals surface area contributed by atoms with Gasteiger partial charge in [-0.2, -0.15) is 0 Å². The van der Waals surface area contributed by atoms with Gasteiger partial charge >= 0.3 is 5.97 Å². The summed E-state index contributed by atoms with van der Waals surface area (Å²) < 4.78 is 21.9. The maximum absolute atomic E-state index is 14.8. The molecule has 1 aliphatic carbocycles. The van der Waals surface area contributed by atoms with Crippen LogP contribution in [0.15, 0.2) is 16.9 Å². The zero-order valence-corrected chi connectivity index (χ0v) is 19.4. The number of ether oxygens (including phenoxy) is 1. The van der Waals surface area contributed by atoms with Crippen LogP contribution in [0.4, 0.5) is 4.39 Å². The number of cyclic esters (lactones) is 1. The summed E-state index contributed by atoms with van der Waals surface area (Å²) in [6.45, 7) is 8.71. The fourth-order valence-corrected chi connectivity index (χ4v) is 6.28. The van der Waals surface area contributed by atoms with E-state index in [1.165, 1.54) is 5.56 Å². The molecule has 5 nitrogen and oxygen atoms in total. The summed E-state index contributed by atoms with van der Waals surface area (Å²) in [5.74, 6) is -0.202. The van der Waals surface area contributed by atoms with E-state index < -0.39 is 5.92 Å². The summed E-state index contributed by atoms with van der Waals surface area (Å²) >= 11 is 0. The number of benzene rings is 1. The first kappa shape index (κ1) is 20.6. The molecule has 6 rings (SSSR count). The number of aromatic nitrogens is 2. The third kappa shape index (κ3) is 2.66. The molecule has 0 radical (unpaired) electrons. The Labute approximate surface area is 191 Å². The second-order valence-electron chi connectivity index (χ2n) is 10.0. The van der Waals surface area contributed by atoms with E-state index in [2.05, 4.69) is 13.8 Å². The van der Waals surface area contributed by atoms with E-state index in [4.69, 9.17) is 9.72 Å². The standard InChI is InChI=1S/C27H27FN2O3/c1-5-14-17-8-22-25-18(10-30(22)26(31)19(17)11-33-27(14)32)23-15(12(2)3)6-7-16-13(4)20(28)9-21(29-25)24(16)23/h8-9,12,14-15H,5-7,10-11H2,1-4H3. The lowest BCUT2D eigenvalue weighted by Gasteiger charge is -2.31. The third-order valence-electron chi connectivity index (χ3n) is 8.05. The van der Waals surface area contributed by atoms with Crippen LogP contribution in [-0.4, -0.2) is 15.5 Å². The molecule has 3 aliphatic rings. The van der Waals surface area contributed by atoms with Gasteiger partial charge in [0.15, 0.2) is 0 Å². The van der Waals surface area contributed by atoms with Crippen LogP contribution in [0, 0.1) is 18.7 Å². The van der Waals surface area contributed by atoms with Crippen LogP contribution in [-0.2, 0) is 29.1 Å². The smallest absolute Gasteiger partial charge is 0.313 e. The monoisotopic (exact) mass is 446 g/mol. The van der Waals surface area contributed by atoms with E-state index >= 15 is 0 Å². The lowest BCUT2D eigenvalue weighted by molar-refractivity contribution is -0.148. The van der Waals surface area contributed by atoms with Crippen LogP contribution in [0.2, 0.25) is 0 Å². The van der Waals surface area contributed by atoms with Gasteiger partial charge in [0.25, 0.3) is 5.56 Å². The highest BCUT2D eigenvalue weighted by molar-refractivity contribution is 5.93. The molecule has 1 aromatic carbocycles. The number of halogens is 1. The molecule has 0 saturated carbocycles. The molecule has 2 unspecified atom stereocenters. The Morgan fingerprint density at radius 2 is 2.00 bits per heavy atom. The highest BCUT2D eigenvalue weighted by Crippen LogP contribution is 2.48. The van der Waals surface area contributed by atoms with Gasteiger partial charge in [0.2, 0.25) is 0 Å². The predicted molar refractivity (Wildman–Crippen MR) is 124 cm³/mol. The number of esters is 1. The predicted octanol–water partition coefficient (Wildman–Crippen LogP) is 5.11. The molecule has 2 aliphatic heterocycles. The Hall–Kier alpha value is -3.02. The van der Waals surface area contributed by atoms with Crippen molar-refractivity contribution < 1.29 is 13.9 Å². The van der Waals surface area contributed by atoms with Crippen molar-refractivity contribution in [3.8, 4) is 11.4 Å². The third-order valence-corrected chi connectivity index (χ3v) is 8.05. The number of rotatable bonds is 2. The van der Waals surface area contributed by atoms with Gasteiger partial charge in [-0.05, 0) is 66.3 Å². The minimum Gasteiger partial charge on any atom is -0.460 e. The number of carbonyl (C=O) groups is 1. The van der Waals surface area contributed by atoms with Crippen molar-refractivity contribution in [3.05, 3.63) is 61.7 Å². The Bertz CT molecular complexity index is 1440. The van der Waals surface area contributed by atoms with Gasteiger partial charge in [-0.15, -0.1) is 0 Å². The van der Waals surface area contributed by atoms with Crippen LogP contribution in [0.5, 0.6) is 0 Å². The van der Waals surface area contributed by atoms with E-state index in [1.54, 1.807) is 10.6 Å². The number of fused-ring (bicyclic) bond motifs is 5. The van der Waals surface area contributed by atoms with Crippen molar-refractivity contribution in [1.82, 2.24) is 9.55 Å². The van der Waals surface area contributed by atoms with E-state index in [0.29, 0.717) is 41.4 Å². The Morgan fingerprint density at radius 1 is 1.21 bits per heavy atom. The first-order valence-corrected chi connectivity index (χ1v) is 11.9. The average molecular weight is 447 g/mol. The van der Waals surface area contributed by atoms with Crippen molar-refractivity contribution in [2.45, 2.75) is 71.9 Å². The zero-order chi connectivity index (χ0) is 23.2. The number of hydrogen-bond acceptors (Lipinski definition) is 4. The van der Waals surface area contributed by atoms with Crippen molar-refractivity contribution in [3.63, 3.8) is 0 Å². The summed E-state index contributed by atoms with van der Waals surface area (Å²) in [5.41, 5.74) is 7.44. The molecule has 2 aromatic heterocycles. The summed E-state index contributed by atoms with van der Waals surface area (Å²) in [7, 11) is 0. The number of pyridine rings is 2. The van der Waals surface area contributed by atoms with E-state index in [9.17, 15) is 14.0 Å². The van der Waals surface area contributed by atoms with Crippen LogP contribution < -0.4 is 5.56 Å². The minimum atomic E-state index is -0.440. The molecule has 0 spiro atoms. The van der Waals surface area contributed by atoms with Crippen molar-refractivity contribution in [2.75, 3.05) is 0 Å². The molecular weight excluding hydrogens is 419 g/mol. The van der Waals surface area contributed by atoms with Gasteiger partial charge in [0, 0.05) is 17.0 Å². The van der Waals surface area contributed by atoms with Gasteiger partial charge in [0.1, 0.15) is 12.4 Å². The molecule has 0 bridgehead atoms. The molecule has 3 aromatic rings. The molecule has 2 atom stereocenters. The second kappa shape index (κ2) is 6.99. The topological polar surface area (TPSA) is 61.2 Å². The molecule has 6 heteroatoms. The Kier molecular flexibility index (Phi) is 4.36. The normalized spacial score (nSPS) is 20.6. The number of aryl methyl sites for hydroxylation is 1. The SMILES string of the molecule is CCC1C(=O)OCc2c1cc1n(c2=O)Cc2c-1nc1cc(F)c(C)c3c1c2C(C(C)C)CC3. The summed E-state index contributed by atoms with van der Waals surface area (Å²) in [4.78, 5) is 30.8. The molecule has 4 heterocycles.